The van der Waals surface area contributed by atoms with Crippen molar-refractivity contribution >= 4 is 37.7 Å². The van der Waals surface area contributed by atoms with E-state index in [1.54, 1.807) is 12.3 Å². The summed E-state index contributed by atoms with van der Waals surface area (Å²) in [4.78, 5) is 16.2. The normalized spacial score (nSPS) is 16.3. The summed E-state index contributed by atoms with van der Waals surface area (Å²) in [6.07, 6.45) is 2.35. The maximum atomic E-state index is 14.0. The van der Waals surface area contributed by atoms with Gasteiger partial charge in [0.05, 0.1) is 0 Å². The smallest absolute Gasteiger partial charge is 0.246 e. The van der Waals surface area contributed by atoms with E-state index >= 15 is 0 Å². The summed E-state index contributed by atoms with van der Waals surface area (Å²) < 4.78 is 41.2. The van der Waals surface area contributed by atoms with Gasteiger partial charge in [-0.25, -0.2) is 17.8 Å². The second-order valence-corrected chi connectivity index (χ2v) is 9.28. The summed E-state index contributed by atoms with van der Waals surface area (Å²) in [6, 6.07) is 7.43. The molecule has 1 aromatic carbocycles. The largest absolute Gasteiger partial charge is 0.310 e. The van der Waals surface area contributed by atoms with Crippen LogP contribution in [0.15, 0.2) is 45.9 Å². The summed E-state index contributed by atoms with van der Waals surface area (Å²) in [7, 11) is -3.94. The number of aromatic nitrogens is 1. The van der Waals surface area contributed by atoms with Crippen molar-refractivity contribution < 1.29 is 17.6 Å². The summed E-state index contributed by atoms with van der Waals surface area (Å²) in [6.45, 7) is 2.23. The molecule has 1 aliphatic heterocycles. The number of anilines is 1. The summed E-state index contributed by atoms with van der Waals surface area (Å²) in [5.74, 6) is -0.806. The lowest BCUT2D eigenvalue weighted by Crippen LogP contribution is -2.41. The maximum Gasteiger partial charge on any atom is 0.246 e. The Morgan fingerprint density at radius 3 is 2.63 bits per heavy atom. The van der Waals surface area contributed by atoms with Crippen LogP contribution in [0.1, 0.15) is 18.4 Å². The molecule has 1 fully saturated rings. The highest BCUT2D eigenvalue weighted by atomic mass is 79.9. The fourth-order valence-electron chi connectivity index (χ4n) is 3.01. The number of pyridine rings is 1. The first-order chi connectivity index (χ1) is 12.8. The number of nitrogens with one attached hydrogen (secondary N) is 1. The van der Waals surface area contributed by atoms with Gasteiger partial charge >= 0.3 is 0 Å². The maximum absolute atomic E-state index is 14.0. The quantitative estimate of drug-likeness (QED) is 0.766. The van der Waals surface area contributed by atoms with Gasteiger partial charge in [-0.15, -0.1) is 0 Å². The van der Waals surface area contributed by atoms with Gasteiger partial charge in [-0.3, -0.25) is 4.79 Å². The van der Waals surface area contributed by atoms with Gasteiger partial charge in [-0.05, 0) is 55.7 Å². The van der Waals surface area contributed by atoms with Gasteiger partial charge in [0.2, 0.25) is 15.9 Å². The lowest BCUT2D eigenvalue weighted by atomic mass is 9.97. The van der Waals surface area contributed by atoms with E-state index in [2.05, 4.69) is 26.2 Å². The number of rotatable bonds is 4. The van der Waals surface area contributed by atoms with Crippen molar-refractivity contribution in [1.29, 1.82) is 0 Å². The Labute approximate surface area is 166 Å². The van der Waals surface area contributed by atoms with E-state index in [0.29, 0.717) is 23.1 Å². The average Bonchev–Trinajstić information content (AvgIpc) is 2.63. The molecule has 0 radical (unpaired) electrons. The van der Waals surface area contributed by atoms with Gasteiger partial charge in [0.25, 0.3) is 0 Å². The van der Waals surface area contributed by atoms with Crippen LogP contribution >= 0.6 is 15.9 Å². The summed E-state index contributed by atoms with van der Waals surface area (Å²) >= 11 is 3.17. The minimum atomic E-state index is -3.94. The molecule has 9 heteroatoms. The number of sulfonamides is 1. The topological polar surface area (TPSA) is 79.4 Å². The van der Waals surface area contributed by atoms with E-state index in [9.17, 15) is 17.6 Å². The predicted molar refractivity (Wildman–Crippen MR) is 103 cm³/mol. The van der Waals surface area contributed by atoms with E-state index in [0.717, 1.165) is 11.6 Å². The first-order valence-electron chi connectivity index (χ1n) is 8.46. The molecule has 0 bridgehead atoms. The third kappa shape index (κ3) is 4.53. The SMILES string of the molecule is Cc1ccnc(NC(=O)C2CCN(S(=O)(=O)c3cc(Br)ccc3F)CC2)c1. The zero-order valence-corrected chi connectivity index (χ0v) is 17.1. The monoisotopic (exact) mass is 455 g/mol. The third-order valence-corrected chi connectivity index (χ3v) is 6.91. The average molecular weight is 456 g/mol. The Hall–Kier alpha value is -1.84. The Bertz CT molecular complexity index is 960. The zero-order valence-electron chi connectivity index (χ0n) is 14.7. The van der Waals surface area contributed by atoms with Crippen LogP contribution in [0.5, 0.6) is 0 Å². The first-order valence-corrected chi connectivity index (χ1v) is 10.7. The van der Waals surface area contributed by atoms with E-state index < -0.39 is 15.8 Å². The minimum Gasteiger partial charge on any atom is -0.310 e. The number of amides is 1. The number of carbonyl (C=O) groups is 1. The Morgan fingerprint density at radius 2 is 1.96 bits per heavy atom. The van der Waals surface area contributed by atoms with Crippen molar-refractivity contribution in [2.45, 2.75) is 24.7 Å². The molecule has 0 atom stereocenters. The predicted octanol–water partition coefficient (Wildman–Crippen LogP) is 3.33. The van der Waals surface area contributed by atoms with Crippen molar-refractivity contribution in [3.05, 3.63) is 52.4 Å². The van der Waals surface area contributed by atoms with E-state index in [1.807, 2.05) is 13.0 Å². The molecule has 144 valence electrons. The molecule has 1 aliphatic rings. The van der Waals surface area contributed by atoms with Gasteiger partial charge in [0, 0.05) is 29.7 Å². The molecular formula is C18H19BrFN3O3S. The molecule has 0 aliphatic carbocycles. The van der Waals surface area contributed by atoms with Crippen LogP contribution in [-0.4, -0.2) is 36.7 Å². The Balaban J connectivity index is 1.66. The highest BCUT2D eigenvalue weighted by molar-refractivity contribution is 9.10. The third-order valence-electron chi connectivity index (χ3n) is 4.50. The second-order valence-electron chi connectivity index (χ2n) is 6.46. The molecule has 1 N–H and O–H groups in total. The number of benzene rings is 1. The number of hydrogen-bond donors (Lipinski definition) is 1. The fourth-order valence-corrected chi connectivity index (χ4v) is 5.08. The molecule has 0 unspecified atom stereocenters. The zero-order chi connectivity index (χ0) is 19.6. The highest BCUT2D eigenvalue weighted by Gasteiger charge is 2.33. The standard InChI is InChI=1S/C18H19BrFN3O3S/c1-12-4-7-21-17(10-12)22-18(24)13-5-8-23(9-6-13)27(25,26)16-11-14(19)2-3-15(16)20/h2-4,7,10-11,13H,5-6,8-9H2,1H3,(H,21,22,24). The fraction of sp³-hybridized carbons (Fsp3) is 0.333. The van der Waals surface area contributed by atoms with E-state index in [1.165, 1.54) is 16.4 Å². The highest BCUT2D eigenvalue weighted by Crippen LogP contribution is 2.27. The number of nitrogens with zero attached hydrogens (tertiary/aromatic N) is 2. The van der Waals surface area contributed by atoms with Crippen LogP contribution in [0.2, 0.25) is 0 Å². The van der Waals surface area contributed by atoms with Gasteiger partial charge in [0.1, 0.15) is 16.5 Å². The van der Waals surface area contributed by atoms with Gasteiger partial charge in [-0.1, -0.05) is 15.9 Å². The van der Waals surface area contributed by atoms with E-state index in [4.69, 9.17) is 0 Å². The summed E-state index contributed by atoms with van der Waals surface area (Å²) in [5.41, 5.74) is 0.984. The van der Waals surface area contributed by atoms with Crippen LogP contribution in [-0.2, 0) is 14.8 Å². The number of halogens is 2. The number of hydrogen-bond acceptors (Lipinski definition) is 4. The van der Waals surface area contributed by atoms with Crippen LogP contribution in [0.4, 0.5) is 10.2 Å². The minimum absolute atomic E-state index is 0.160. The van der Waals surface area contributed by atoms with Crippen molar-refractivity contribution in [2.75, 3.05) is 18.4 Å². The van der Waals surface area contributed by atoms with Crippen LogP contribution in [0.25, 0.3) is 0 Å². The van der Waals surface area contributed by atoms with Crippen LogP contribution in [0.3, 0.4) is 0 Å². The molecule has 2 heterocycles. The number of aryl methyl sites for hydroxylation is 1. The molecule has 1 saturated heterocycles. The second kappa shape index (κ2) is 8.04. The lowest BCUT2D eigenvalue weighted by Gasteiger charge is -2.30. The molecule has 6 nitrogen and oxygen atoms in total. The van der Waals surface area contributed by atoms with Crippen molar-refractivity contribution in [2.24, 2.45) is 5.92 Å². The molecule has 1 amide bonds. The molecule has 0 spiro atoms. The number of carbonyl (C=O) groups excluding carboxylic acids is 1. The van der Waals surface area contributed by atoms with Gasteiger partial charge in [0.15, 0.2) is 0 Å². The molecule has 3 rings (SSSR count). The lowest BCUT2D eigenvalue weighted by molar-refractivity contribution is -0.120. The molecule has 1 aromatic heterocycles. The van der Waals surface area contributed by atoms with Gasteiger partial charge in [-0.2, -0.15) is 4.31 Å². The molecule has 27 heavy (non-hydrogen) atoms. The van der Waals surface area contributed by atoms with E-state index in [-0.39, 0.29) is 29.8 Å². The molecule has 2 aromatic rings. The van der Waals surface area contributed by atoms with Crippen LogP contribution < -0.4 is 5.32 Å². The number of piperidine rings is 1. The summed E-state index contributed by atoms with van der Waals surface area (Å²) in [5, 5.41) is 2.77. The van der Waals surface area contributed by atoms with Gasteiger partial charge < -0.3 is 5.32 Å². The van der Waals surface area contributed by atoms with Crippen molar-refractivity contribution in [1.82, 2.24) is 9.29 Å². The molecule has 0 saturated carbocycles. The van der Waals surface area contributed by atoms with Crippen molar-refractivity contribution in [3.8, 4) is 0 Å². The van der Waals surface area contributed by atoms with Crippen molar-refractivity contribution in [3.63, 3.8) is 0 Å². The molecular weight excluding hydrogens is 437 g/mol. The first kappa shape index (κ1) is 19.9. The Kier molecular flexibility index (Phi) is 5.92. The van der Waals surface area contributed by atoms with Crippen LogP contribution in [0, 0.1) is 18.7 Å². The Morgan fingerprint density at radius 1 is 1.26 bits per heavy atom.